The number of halogens is 2. The second-order valence-corrected chi connectivity index (χ2v) is 5.94. The summed E-state index contributed by atoms with van der Waals surface area (Å²) in [4.78, 5) is 20.5. The fraction of sp³-hybridized carbons (Fsp3) is 0.154. The molecule has 0 spiro atoms. The Morgan fingerprint density at radius 3 is 2.85 bits per heavy atom. The number of hydrogen-bond donors (Lipinski definition) is 2. The molecule has 0 saturated heterocycles. The van der Waals surface area contributed by atoms with Crippen LogP contribution in [0.4, 0.5) is 5.82 Å². The van der Waals surface area contributed by atoms with Crippen molar-refractivity contribution >= 4 is 43.6 Å². The molecule has 0 atom stereocenters. The number of hydrogen-bond acceptors (Lipinski definition) is 4. The predicted molar refractivity (Wildman–Crippen MR) is 82.4 cm³/mol. The normalized spacial score (nSPS) is 13.1. The van der Waals surface area contributed by atoms with E-state index >= 15 is 0 Å². The zero-order valence-corrected chi connectivity index (χ0v) is 13.5. The highest BCUT2D eigenvalue weighted by Gasteiger charge is 2.15. The molecule has 0 aliphatic carbocycles. The van der Waals surface area contributed by atoms with Gasteiger partial charge in [0.2, 0.25) is 0 Å². The Kier molecular flexibility index (Phi) is 3.82. The van der Waals surface area contributed by atoms with E-state index in [1.54, 1.807) is 0 Å². The summed E-state index contributed by atoms with van der Waals surface area (Å²) < 4.78 is 1.09. The summed E-state index contributed by atoms with van der Waals surface area (Å²) in [5.41, 5.74) is 3.02. The molecule has 3 rings (SSSR count). The van der Waals surface area contributed by atoms with Gasteiger partial charge >= 0.3 is 0 Å². The monoisotopic (exact) mass is 396 g/mol. The minimum Gasteiger partial charge on any atom is -0.309 e. The number of anilines is 1. The van der Waals surface area contributed by atoms with Gasteiger partial charge in [-0.15, -0.1) is 0 Å². The first kappa shape index (κ1) is 13.7. The maximum atomic E-state index is 12.2. The second-order valence-electron chi connectivity index (χ2n) is 4.37. The molecule has 5 nitrogen and oxygen atoms in total. The van der Waals surface area contributed by atoms with Gasteiger partial charge in [-0.25, -0.2) is 9.97 Å². The summed E-state index contributed by atoms with van der Waals surface area (Å²) in [5, 5.41) is 6.00. The van der Waals surface area contributed by atoms with Gasteiger partial charge in [0, 0.05) is 18.7 Å². The van der Waals surface area contributed by atoms with E-state index in [2.05, 4.69) is 52.5 Å². The van der Waals surface area contributed by atoms with E-state index in [4.69, 9.17) is 0 Å². The average molecular weight is 398 g/mol. The molecule has 0 fully saturated rings. The Hall–Kier alpha value is -1.31. The molecule has 1 aliphatic heterocycles. The molecular formula is C13H10Br2N4O. The quantitative estimate of drug-likeness (QED) is 0.817. The number of nitrogens with one attached hydrogen (secondary N) is 2. The van der Waals surface area contributed by atoms with Gasteiger partial charge in [0.05, 0.1) is 6.20 Å². The molecule has 2 heterocycles. The largest absolute Gasteiger partial charge is 0.309 e. The third-order valence-electron chi connectivity index (χ3n) is 3.03. The van der Waals surface area contributed by atoms with Crippen LogP contribution in [0.2, 0.25) is 0 Å². The lowest BCUT2D eigenvalue weighted by atomic mass is 10.1. The standard InChI is InChI=1S/C13H10Br2N4O/c14-10-6-17-12(11(15)18-10)19-13(20)7-1-2-8-4-16-5-9(8)3-7/h1-3,6,16H,4-5H2,(H,17,19,20). The molecule has 1 aromatic heterocycles. The number of aromatic nitrogens is 2. The molecule has 0 unspecified atom stereocenters. The van der Waals surface area contributed by atoms with E-state index in [1.165, 1.54) is 17.3 Å². The average Bonchev–Trinajstić information content (AvgIpc) is 2.89. The Morgan fingerprint density at radius 2 is 2.05 bits per heavy atom. The number of fused-ring (bicyclic) bond motifs is 1. The van der Waals surface area contributed by atoms with Gasteiger partial charge in [0.15, 0.2) is 5.82 Å². The number of benzene rings is 1. The van der Waals surface area contributed by atoms with Crippen LogP contribution in [0.25, 0.3) is 0 Å². The topological polar surface area (TPSA) is 66.9 Å². The molecule has 2 N–H and O–H groups in total. The minimum atomic E-state index is -0.197. The number of carbonyl (C=O) groups excluding carboxylic acids is 1. The number of rotatable bonds is 2. The van der Waals surface area contributed by atoms with Crippen LogP contribution in [-0.2, 0) is 13.1 Å². The lowest BCUT2D eigenvalue weighted by molar-refractivity contribution is 0.102. The van der Waals surface area contributed by atoms with Gasteiger partial charge in [0.25, 0.3) is 5.91 Å². The van der Waals surface area contributed by atoms with Gasteiger partial charge in [-0.3, -0.25) is 4.79 Å². The van der Waals surface area contributed by atoms with Crippen LogP contribution in [0.1, 0.15) is 21.5 Å². The first-order chi connectivity index (χ1) is 9.63. The summed E-state index contributed by atoms with van der Waals surface area (Å²) in [6.45, 7) is 1.67. The summed E-state index contributed by atoms with van der Waals surface area (Å²) in [5.74, 6) is 0.203. The summed E-state index contributed by atoms with van der Waals surface area (Å²) >= 11 is 6.49. The zero-order valence-electron chi connectivity index (χ0n) is 10.3. The van der Waals surface area contributed by atoms with E-state index in [9.17, 15) is 4.79 Å². The van der Waals surface area contributed by atoms with Crippen molar-refractivity contribution in [2.24, 2.45) is 0 Å². The second kappa shape index (κ2) is 5.59. The van der Waals surface area contributed by atoms with E-state index in [0.717, 1.165) is 13.1 Å². The third-order valence-corrected chi connectivity index (χ3v) is 3.97. The highest BCUT2D eigenvalue weighted by atomic mass is 79.9. The molecule has 102 valence electrons. The zero-order chi connectivity index (χ0) is 14.1. The van der Waals surface area contributed by atoms with Gasteiger partial charge in [-0.1, -0.05) is 6.07 Å². The highest BCUT2D eigenvalue weighted by Crippen LogP contribution is 2.21. The molecule has 0 saturated carbocycles. The fourth-order valence-electron chi connectivity index (χ4n) is 2.05. The van der Waals surface area contributed by atoms with Crippen molar-refractivity contribution in [3.63, 3.8) is 0 Å². The lowest BCUT2D eigenvalue weighted by Crippen LogP contribution is -2.14. The summed E-state index contributed by atoms with van der Waals surface area (Å²) in [6, 6.07) is 5.71. The van der Waals surface area contributed by atoms with Gasteiger partial charge in [-0.2, -0.15) is 0 Å². The maximum Gasteiger partial charge on any atom is 0.256 e. The van der Waals surface area contributed by atoms with Crippen LogP contribution in [0.5, 0.6) is 0 Å². The van der Waals surface area contributed by atoms with Crippen LogP contribution in [0, 0.1) is 0 Å². The van der Waals surface area contributed by atoms with Crippen LogP contribution >= 0.6 is 31.9 Å². The van der Waals surface area contributed by atoms with E-state index < -0.39 is 0 Å². The van der Waals surface area contributed by atoms with E-state index in [-0.39, 0.29) is 5.91 Å². The van der Waals surface area contributed by atoms with Crippen molar-refractivity contribution in [1.82, 2.24) is 15.3 Å². The van der Waals surface area contributed by atoms with Crippen LogP contribution in [-0.4, -0.2) is 15.9 Å². The van der Waals surface area contributed by atoms with Gasteiger partial charge in [-0.05, 0) is 55.1 Å². The minimum absolute atomic E-state index is 0.197. The predicted octanol–water partition coefficient (Wildman–Crippen LogP) is 2.86. The van der Waals surface area contributed by atoms with Crippen molar-refractivity contribution in [1.29, 1.82) is 0 Å². The lowest BCUT2D eigenvalue weighted by Gasteiger charge is -2.07. The molecular weight excluding hydrogens is 388 g/mol. The number of carbonyl (C=O) groups is 1. The molecule has 0 bridgehead atoms. The highest BCUT2D eigenvalue weighted by molar-refractivity contribution is 9.11. The summed E-state index contributed by atoms with van der Waals surface area (Å²) in [7, 11) is 0. The van der Waals surface area contributed by atoms with Crippen LogP contribution < -0.4 is 10.6 Å². The van der Waals surface area contributed by atoms with E-state index in [1.807, 2.05) is 18.2 Å². The smallest absolute Gasteiger partial charge is 0.256 e. The van der Waals surface area contributed by atoms with Crippen LogP contribution in [0.15, 0.2) is 33.6 Å². The molecule has 7 heteroatoms. The van der Waals surface area contributed by atoms with E-state index in [0.29, 0.717) is 20.6 Å². The Balaban J connectivity index is 1.82. The maximum absolute atomic E-state index is 12.2. The first-order valence-corrected chi connectivity index (χ1v) is 7.54. The van der Waals surface area contributed by atoms with Crippen molar-refractivity contribution in [3.8, 4) is 0 Å². The van der Waals surface area contributed by atoms with Crippen molar-refractivity contribution in [3.05, 3.63) is 50.3 Å². The van der Waals surface area contributed by atoms with Gasteiger partial charge in [0.1, 0.15) is 9.21 Å². The van der Waals surface area contributed by atoms with Crippen molar-refractivity contribution in [2.75, 3.05) is 5.32 Å². The Bertz CT molecular complexity index is 690. The SMILES string of the molecule is O=C(Nc1ncc(Br)nc1Br)c1ccc2c(c1)CNC2. The molecule has 1 aromatic carbocycles. The van der Waals surface area contributed by atoms with Crippen LogP contribution in [0.3, 0.4) is 0 Å². The summed E-state index contributed by atoms with van der Waals surface area (Å²) in [6.07, 6.45) is 1.53. The Morgan fingerprint density at radius 1 is 1.25 bits per heavy atom. The first-order valence-electron chi connectivity index (χ1n) is 5.95. The third kappa shape index (κ3) is 2.74. The van der Waals surface area contributed by atoms with Crippen molar-refractivity contribution in [2.45, 2.75) is 13.1 Å². The number of amides is 1. The molecule has 0 radical (unpaired) electrons. The van der Waals surface area contributed by atoms with Crippen molar-refractivity contribution < 1.29 is 4.79 Å². The molecule has 2 aromatic rings. The molecule has 1 amide bonds. The Labute approximate surface area is 132 Å². The fourth-order valence-corrected chi connectivity index (χ4v) is 2.96. The number of nitrogens with zero attached hydrogens (tertiary/aromatic N) is 2. The molecule has 20 heavy (non-hydrogen) atoms. The van der Waals surface area contributed by atoms with Gasteiger partial charge < -0.3 is 10.6 Å². The molecule has 1 aliphatic rings.